The molecule has 0 bridgehead atoms. The number of amides is 1. The van der Waals surface area contributed by atoms with Crippen molar-refractivity contribution < 1.29 is 13.2 Å². The predicted molar refractivity (Wildman–Crippen MR) is 87.8 cm³/mol. The van der Waals surface area contributed by atoms with E-state index in [9.17, 15) is 13.2 Å². The molecule has 7 heteroatoms. The van der Waals surface area contributed by atoms with Gasteiger partial charge in [-0.2, -0.15) is 0 Å². The Bertz CT molecular complexity index is 581. The van der Waals surface area contributed by atoms with Gasteiger partial charge in [0.15, 0.2) is 0 Å². The minimum atomic E-state index is -3.78. The summed E-state index contributed by atoms with van der Waals surface area (Å²) in [4.78, 5) is 12.2. The third-order valence-electron chi connectivity index (χ3n) is 3.33. The molecule has 0 fully saturated rings. The van der Waals surface area contributed by atoms with Crippen LogP contribution >= 0.6 is 22.0 Å². The second-order valence-corrected chi connectivity index (χ2v) is 8.86. The maximum absolute atomic E-state index is 12.2. The lowest BCUT2D eigenvalue weighted by Gasteiger charge is -2.13. The van der Waals surface area contributed by atoms with Gasteiger partial charge in [0.25, 0.3) is 15.0 Å². The number of unbranched alkanes of at least 4 members (excludes halogenated alkanes) is 3. The van der Waals surface area contributed by atoms with Gasteiger partial charge in [-0.3, -0.25) is 4.79 Å². The van der Waals surface area contributed by atoms with Crippen LogP contribution in [0.4, 0.5) is 0 Å². The maximum atomic E-state index is 12.2. The molecule has 0 saturated carbocycles. The largest absolute Gasteiger partial charge is 0.350 e. The first-order chi connectivity index (χ1) is 9.77. The summed E-state index contributed by atoms with van der Waals surface area (Å²) < 4.78 is 22.8. The molecular formula is C14H22ClNO3S2. The average molecular weight is 352 g/mol. The fourth-order valence-corrected chi connectivity index (χ4v) is 4.66. The smallest absolute Gasteiger partial charge is 0.271 e. The zero-order chi connectivity index (χ0) is 16.0. The molecule has 21 heavy (non-hydrogen) atoms. The van der Waals surface area contributed by atoms with Gasteiger partial charge in [-0.1, -0.05) is 32.6 Å². The summed E-state index contributed by atoms with van der Waals surface area (Å²) in [5, 5.41) is 4.45. The number of hydrogen-bond donors (Lipinski definition) is 1. The first-order valence-corrected chi connectivity index (χ1v) is 10.3. The van der Waals surface area contributed by atoms with E-state index in [1.165, 1.54) is 19.3 Å². The molecule has 120 valence electrons. The Morgan fingerprint density at radius 1 is 1.38 bits per heavy atom. The van der Waals surface area contributed by atoms with E-state index in [-0.39, 0.29) is 16.2 Å². The van der Waals surface area contributed by atoms with E-state index in [1.807, 2.05) is 6.92 Å². The molecule has 1 N–H and O–H groups in total. The van der Waals surface area contributed by atoms with Gasteiger partial charge in [-0.05, 0) is 25.8 Å². The van der Waals surface area contributed by atoms with Crippen LogP contribution in [0.25, 0.3) is 0 Å². The van der Waals surface area contributed by atoms with E-state index in [0.29, 0.717) is 11.1 Å². The van der Waals surface area contributed by atoms with Crippen LogP contribution in [0.15, 0.2) is 9.59 Å². The highest BCUT2D eigenvalue weighted by Gasteiger charge is 2.22. The van der Waals surface area contributed by atoms with Crippen molar-refractivity contribution in [2.45, 2.75) is 63.1 Å². The van der Waals surface area contributed by atoms with E-state index < -0.39 is 9.05 Å². The number of hydrogen-bond acceptors (Lipinski definition) is 4. The molecule has 0 saturated heterocycles. The zero-order valence-electron chi connectivity index (χ0n) is 12.6. The molecule has 0 aliphatic rings. The predicted octanol–water partition coefficient (Wildman–Crippen LogP) is 4.07. The van der Waals surface area contributed by atoms with Crippen molar-refractivity contribution in [2.75, 3.05) is 0 Å². The fourth-order valence-electron chi connectivity index (χ4n) is 2.11. The van der Waals surface area contributed by atoms with Gasteiger partial charge >= 0.3 is 0 Å². The Balaban J connectivity index is 2.62. The topological polar surface area (TPSA) is 63.2 Å². The van der Waals surface area contributed by atoms with Crippen LogP contribution in [0.2, 0.25) is 0 Å². The first kappa shape index (κ1) is 18.5. The molecule has 0 aliphatic carbocycles. The second kappa shape index (κ2) is 8.15. The molecular weight excluding hydrogens is 330 g/mol. The van der Waals surface area contributed by atoms with Crippen molar-refractivity contribution in [3.05, 3.63) is 16.5 Å². The summed E-state index contributed by atoms with van der Waals surface area (Å²) in [5.41, 5.74) is 0.810. The van der Waals surface area contributed by atoms with E-state index in [1.54, 1.807) is 12.3 Å². The van der Waals surface area contributed by atoms with Crippen molar-refractivity contribution in [3.8, 4) is 0 Å². The molecule has 1 rings (SSSR count). The van der Waals surface area contributed by atoms with Crippen LogP contribution in [-0.2, 0) is 9.05 Å². The molecule has 1 atom stereocenters. The Morgan fingerprint density at radius 3 is 2.57 bits per heavy atom. The van der Waals surface area contributed by atoms with Gasteiger partial charge in [-0.25, -0.2) is 8.42 Å². The minimum Gasteiger partial charge on any atom is -0.350 e. The summed E-state index contributed by atoms with van der Waals surface area (Å²) >= 11 is 0.982. The lowest BCUT2D eigenvalue weighted by atomic mass is 10.1. The molecule has 0 radical (unpaired) electrons. The van der Waals surface area contributed by atoms with Crippen LogP contribution < -0.4 is 5.32 Å². The maximum Gasteiger partial charge on any atom is 0.271 e. The molecule has 1 aromatic heterocycles. The summed E-state index contributed by atoms with van der Waals surface area (Å²) in [6.45, 7) is 5.73. The van der Waals surface area contributed by atoms with Gasteiger partial charge in [0.1, 0.15) is 4.21 Å². The Morgan fingerprint density at radius 2 is 2.05 bits per heavy atom. The van der Waals surface area contributed by atoms with E-state index in [0.717, 1.165) is 24.2 Å². The van der Waals surface area contributed by atoms with E-state index in [2.05, 4.69) is 12.2 Å². The molecule has 1 amide bonds. The van der Waals surface area contributed by atoms with Crippen LogP contribution in [0.1, 0.15) is 61.9 Å². The van der Waals surface area contributed by atoms with Crippen LogP contribution in [0.5, 0.6) is 0 Å². The van der Waals surface area contributed by atoms with Crippen molar-refractivity contribution in [3.63, 3.8) is 0 Å². The third kappa shape index (κ3) is 5.60. The lowest BCUT2D eigenvalue weighted by molar-refractivity contribution is 0.0937. The standard InChI is InChI=1S/C14H22ClNO3S2/c1-4-5-6-7-8-10(2)16-13(17)12-9-20-14(11(12)3)21(15,18)19/h9-10H,4-8H2,1-3H3,(H,16,17). The van der Waals surface area contributed by atoms with Crippen LogP contribution in [-0.4, -0.2) is 20.4 Å². The van der Waals surface area contributed by atoms with Gasteiger partial charge < -0.3 is 5.32 Å². The molecule has 0 spiro atoms. The van der Waals surface area contributed by atoms with Crippen LogP contribution in [0.3, 0.4) is 0 Å². The molecule has 0 aliphatic heterocycles. The van der Waals surface area contributed by atoms with Crippen molar-refractivity contribution in [1.82, 2.24) is 5.32 Å². The highest BCUT2D eigenvalue weighted by atomic mass is 35.7. The van der Waals surface area contributed by atoms with Gasteiger partial charge in [0.2, 0.25) is 0 Å². The SMILES string of the molecule is CCCCCCC(C)NC(=O)c1csc(S(=O)(=O)Cl)c1C. The number of rotatable bonds is 8. The molecule has 1 aromatic rings. The average Bonchev–Trinajstić information content (AvgIpc) is 2.76. The number of carbonyl (C=O) groups is 1. The Kier molecular flexibility index (Phi) is 7.16. The Labute approximate surface area is 135 Å². The third-order valence-corrected chi connectivity index (χ3v) is 6.64. The molecule has 0 aromatic carbocycles. The second-order valence-electron chi connectivity index (χ2n) is 5.22. The molecule has 1 unspecified atom stereocenters. The first-order valence-electron chi connectivity index (χ1n) is 7.11. The van der Waals surface area contributed by atoms with E-state index >= 15 is 0 Å². The van der Waals surface area contributed by atoms with Crippen molar-refractivity contribution in [1.29, 1.82) is 0 Å². The quantitative estimate of drug-likeness (QED) is 0.567. The zero-order valence-corrected chi connectivity index (χ0v) is 15.0. The van der Waals surface area contributed by atoms with E-state index in [4.69, 9.17) is 10.7 Å². The fraction of sp³-hybridized carbons (Fsp3) is 0.643. The highest BCUT2D eigenvalue weighted by Crippen LogP contribution is 2.29. The summed E-state index contributed by atoms with van der Waals surface area (Å²) in [6.07, 6.45) is 5.57. The summed E-state index contributed by atoms with van der Waals surface area (Å²) in [6, 6.07) is 0.0738. The van der Waals surface area contributed by atoms with Gasteiger partial charge in [0.05, 0.1) is 5.56 Å². The number of thiophene rings is 1. The number of nitrogens with one attached hydrogen (secondary N) is 1. The molecule has 4 nitrogen and oxygen atoms in total. The summed E-state index contributed by atoms with van der Waals surface area (Å²) in [5.74, 6) is -0.238. The number of carbonyl (C=O) groups excluding carboxylic acids is 1. The number of halogens is 1. The Hall–Kier alpha value is -0.590. The van der Waals surface area contributed by atoms with Gasteiger partial charge in [0, 0.05) is 22.1 Å². The minimum absolute atomic E-state index is 0.0462. The molecule has 1 heterocycles. The normalized spacial score (nSPS) is 13.1. The van der Waals surface area contributed by atoms with Crippen molar-refractivity contribution >= 4 is 37.0 Å². The summed E-state index contributed by atoms with van der Waals surface area (Å²) in [7, 11) is 1.55. The van der Waals surface area contributed by atoms with Gasteiger partial charge in [-0.15, -0.1) is 11.3 Å². The van der Waals surface area contributed by atoms with Crippen molar-refractivity contribution in [2.24, 2.45) is 0 Å². The van der Waals surface area contributed by atoms with Crippen LogP contribution in [0, 0.1) is 6.92 Å². The monoisotopic (exact) mass is 351 g/mol. The lowest BCUT2D eigenvalue weighted by Crippen LogP contribution is -2.32. The highest BCUT2D eigenvalue weighted by molar-refractivity contribution is 8.15.